The van der Waals surface area contributed by atoms with Crippen LogP contribution in [0.15, 0.2) is 59.8 Å². The van der Waals surface area contributed by atoms with E-state index in [1.54, 1.807) is 0 Å². The highest BCUT2D eigenvalue weighted by molar-refractivity contribution is 5.96. The lowest BCUT2D eigenvalue weighted by Gasteiger charge is -2.39. The molecule has 2 aromatic rings. The number of carbonyl (C=O) groups excluding carboxylic acids is 1. The summed E-state index contributed by atoms with van der Waals surface area (Å²) in [5, 5.41) is 12.4. The van der Waals surface area contributed by atoms with Crippen LogP contribution >= 0.6 is 0 Å². The smallest absolute Gasteiger partial charge is 0.250 e. The lowest BCUT2D eigenvalue weighted by atomic mass is 9.99. The van der Waals surface area contributed by atoms with Gasteiger partial charge < -0.3 is 10.2 Å². The molecule has 1 atom stereocenters. The highest BCUT2D eigenvalue weighted by atomic mass is 16.2. The van der Waals surface area contributed by atoms with Gasteiger partial charge in [-0.15, -0.1) is 0 Å². The van der Waals surface area contributed by atoms with Crippen LogP contribution in [-0.2, 0) is 4.79 Å². The molecule has 1 amide bonds. The number of rotatable bonds is 5. The van der Waals surface area contributed by atoms with Gasteiger partial charge in [0, 0.05) is 17.0 Å². The SMILES string of the molecule is CCCCC1=C(C)C(=O)NC(C)N1c1ccc(-c2ccccc2C#N)cc1. The molecular formula is C23H25N3O. The number of allylic oxidation sites excluding steroid dienone is 1. The molecule has 0 saturated heterocycles. The second-order valence-electron chi connectivity index (χ2n) is 6.90. The first kappa shape index (κ1) is 18.7. The zero-order valence-corrected chi connectivity index (χ0v) is 16.1. The molecule has 1 aliphatic rings. The van der Waals surface area contributed by atoms with Crippen LogP contribution in [0.3, 0.4) is 0 Å². The highest BCUT2D eigenvalue weighted by Crippen LogP contribution is 2.32. The molecule has 0 radical (unpaired) electrons. The van der Waals surface area contributed by atoms with Crippen molar-refractivity contribution in [2.24, 2.45) is 0 Å². The Kier molecular flexibility index (Phi) is 5.61. The first-order valence-electron chi connectivity index (χ1n) is 9.46. The first-order chi connectivity index (χ1) is 13.1. The quantitative estimate of drug-likeness (QED) is 0.820. The summed E-state index contributed by atoms with van der Waals surface area (Å²) in [5.41, 5.74) is 5.55. The van der Waals surface area contributed by atoms with Gasteiger partial charge in [-0.05, 0) is 56.0 Å². The van der Waals surface area contributed by atoms with Crippen molar-refractivity contribution < 1.29 is 4.79 Å². The Balaban J connectivity index is 1.97. The maximum atomic E-state index is 12.2. The van der Waals surface area contributed by atoms with E-state index in [4.69, 9.17) is 0 Å². The third-order valence-corrected chi connectivity index (χ3v) is 5.06. The minimum atomic E-state index is -0.0923. The molecule has 1 N–H and O–H groups in total. The van der Waals surface area contributed by atoms with Gasteiger partial charge in [0.15, 0.2) is 0 Å². The van der Waals surface area contributed by atoms with Crippen LogP contribution in [-0.4, -0.2) is 12.1 Å². The van der Waals surface area contributed by atoms with E-state index >= 15 is 0 Å². The fraction of sp³-hybridized carbons (Fsp3) is 0.304. The molecule has 0 spiro atoms. The summed E-state index contributed by atoms with van der Waals surface area (Å²) >= 11 is 0. The Morgan fingerprint density at radius 3 is 2.52 bits per heavy atom. The zero-order chi connectivity index (χ0) is 19.4. The second-order valence-corrected chi connectivity index (χ2v) is 6.90. The van der Waals surface area contributed by atoms with Gasteiger partial charge >= 0.3 is 0 Å². The van der Waals surface area contributed by atoms with Crippen LogP contribution in [0, 0.1) is 11.3 Å². The Labute approximate surface area is 161 Å². The van der Waals surface area contributed by atoms with Crippen LogP contribution in [0.5, 0.6) is 0 Å². The minimum absolute atomic E-state index is 0.0180. The van der Waals surface area contributed by atoms with E-state index in [0.29, 0.717) is 5.56 Å². The Morgan fingerprint density at radius 1 is 1.15 bits per heavy atom. The molecular weight excluding hydrogens is 334 g/mol. The van der Waals surface area contributed by atoms with Crippen molar-refractivity contribution in [1.82, 2.24) is 5.32 Å². The van der Waals surface area contributed by atoms with E-state index in [2.05, 4.69) is 35.3 Å². The molecule has 3 rings (SSSR count). The molecule has 0 fully saturated rings. The summed E-state index contributed by atoms with van der Waals surface area (Å²) in [6.07, 6.45) is 2.94. The van der Waals surface area contributed by atoms with E-state index in [1.807, 2.05) is 50.2 Å². The van der Waals surface area contributed by atoms with Gasteiger partial charge in [-0.1, -0.05) is 43.7 Å². The van der Waals surface area contributed by atoms with Crippen LogP contribution in [0.25, 0.3) is 11.1 Å². The molecule has 1 unspecified atom stereocenters. The average molecular weight is 359 g/mol. The van der Waals surface area contributed by atoms with Gasteiger partial charge in [0.05, 0.1) is 11.6 Å². The fourth-order valence-electron chi connectivity index (χ4n) is 3.57. The number of amides is 1. The molecule has 138 valence electrons. The third-order valence-electron chi connectivity index (χ3n) is 5.06. The number of unbranched alkanes of at least 4 members (excludes halogenated alkanes) is 1. The van der Waals surface area contributed by atoms with Crippen molar-refractivity contribution in [2.45, 2.75) is 46.2 Å². The standard InChI is InChI=1S/C23H25N3O/c1-4-5-10-22-16(2)23(27)25-17(3)26(22)20-13-11-18(12-14-20)21-9-7-6-8-19(21)15-24/h6-9,11-14,17H,4-5,10H2,1-3H3,(H,25,27). The van der Waals surface area contributed by atoms with Crippen molar-refractivity contribution >= 4 is 11.6 Å². The summed E-state index contributed by atoms with van der Waals surface area (Å²) in [7, 11) is 0. The number of nitrogens with one attached hydrogen (secondary N) is 1. The Hall–Kier alpha value is -3.06. The zero-order valence-electron chi connectivity index (χ0n) is 16.1. The van der Waals surface area contributed by atoms with Crippen molar-refractivity contribution in [3.63, 3.8) is 0 Å². The van der Waals surface area contributed by atoms with Crippen molar-refractivity contribution in [2.75, 3.05) is 4.90 Å². The fourth-order valence-corrected chi connectivity index (χ4v) is 3.57. The number of benzene rings is 2. The van der Waals surface area contributed by atoms with Crippen molar-refractivity contribution in [3.8, 4) is 17.2 Å². The summed E-state index contributed by atoms with van der Waals surface area (Å²) in [4.78, 5) is 14.5. The van der Waals surface area contributed by atoms with E-state index in [-0.39, 0.29) is 12.1 Å². The normalized spacial score (nSPS) is 16.9. The predicted molar refractivity (Wildman–Crippen MR) is 109 cm³/mol. The largest absolute Gasteiger partial charge is 0.332 e. The number of carbonyl (C=O) groups is 1. The molecule has 0 saturated carbocycles. The summed E-state index contributed by atoms with van der Waals surface area (Å²) in [6.45, 7) is 6.07. The topological polar surface area (TPSA) is 56.1 Å². The molecule has 27 heavy (non-hydrogen) atoms. The lowest BCUT2D eigenvalue weighted by molar-refractivity contribution is -0.118. The molecule has 0 bridgehead atoms. The molecule has 1 aliphatic heterocycles. The summed E-state index contributed by atoms with van der Waals surface area (Å²) < 4.78 is 0. The van der Waals surface area contributed by atoms with E-state index in [9.17, 15) is 10.1 Å². The van der Waals surface area contributed by atoms with Crippen LogP contribution in [0.2, 0.25) is 0 Å². The number of hydrogen-bond acceptors (Lipinski definition) is 3. The molecule has 4 heteroatoms. The first-order valence-corrected chi connectivity index (χ1v) is 9.46. The molecule has 2 aromatic carbocycles. The molecule has 4 nitrogen and oxygen atoms in total. The van der Waals surface area contributed by atoms with Gasteiger partial charge in [-0.3, -0.25) is 4.79 Å². The number of hydrogen-bond donors (Lipinski definition) is 1. The van der Waals surface area contributed by atoms with E-state index in [1.165, 1.54) is 0 Å². The second kappa shape index (κ2) is 8.09. The Morgan fingerprint density at radius 2 is 1.85 bits per heavy atom. The maximum Gasteiger partial charge on any atom is 0.250 e. The third kappa shape index (κ3) is 3.73. The maximum absolute atomic E-state index is 12.2. The number of nitriles is 1. The summed E-state index contributed by atoms with van der Waals surface area (Å²) in [5.74, 6) is 0.0180. The minimum Gasteiger partial charge on any atom is -0.332 e. The predicted octanol–water partition coefficient (Wildman–Crippen LogP) is 4.97. The lowest BCUT2D eigenvalue weighted by Crippen LogP contribution is -2.51. The van der Waals surface area contributed by atoms with Crippen LogP contribution < -0.4 is 10.2 Å². The molecule has 0 aliphatic carbocycles. The van der Waals surface area contributed by atoms with Crippen molar-refractivity contribution in [3.05, 3.63) is 65.4 Å². The van der Waals surface area contributed by atoms with Crippen LogP contribution in [0.4, 0.5) is 5.69 Å². The molecule has 1 heterocycles. The number of nitrogens with zero attached hydrogens (tertiary/aromatic N) is 2. The monoisotopic (exact) mass is 359 g/mol. The van der Waals surface area contributed by atoms with Gasteiger partial charge in [-0.25, -0.2) is 0 Å². The van der Waals surface area contributed by atoms with Gasteiger partial charge in [0.1, 0.15) is 6.17 Å². The molecule has 0 aromatic heterocycles. The summed E-state index contributed by atoms with van der Waals surface area (Å²) in [6, 6.07) is 18.1. The average Bonchev–Trinajstić information content (AvgIpc) is 2.69. The van der Waals surface area contributed by atoms with E-state index < -0.39 is 0 Å². The van der Waals surface area contributed by atoms with Gasteiger partial charge in [0.2, 0.25) is 5.91 Å². The van der Waals surface area contributed by atoms with Gasteiger partial charge in [0.25, 0.3) is 0 Å². The number of anilines is 1. The van der Waals surface area contributed by atoms with Gasteiger partial charge in [-0.2, -0.15) is 5.26 Å². The Bertz CT molecular complexity index is 906. The highest BCUT2D eigenvalue weighted by Gasteiger charge is 2.28. The van der Waals surface area contributed by atoms with Crippen LogP contribution in [0.1, 0.15) is 45.6 Å². The van der Waals surface area contributed by atoms with E-state index in [0.717, 1.165) is 47.3 Å². The van der Waals surface area contributed by atoms with Crippen molar-refractivity contribution in [1.29, 1.82) is 5.26 Å².